The summed E-state index contributed by atoms with van der Waals surface area (Å²) in [5.74, 6) is -0.323. The van der Waals surface area contributed by atoms with Gasteiger partial charge in [0.1, 0.15) is 0 Å². The molecule has 1 aliphatic rings. The van der Waals surface area contributed by atoms with E-state index in [1.807, 2.05) is 42.5 Å². The molecule has 6 nitrogen and oxygen atoms in total. The summed E-state index contributed by atoms with van der Waals surface area (Å²) in [7, 11) is 0. The zero-order valence-corrected chi connectivity index (χ0v) is 15.3. The quantitative estimate of drug-likeness (QED) is 0.261. The Hall–Kier alpha value is -3.32. The summed E-state index contributed by atoms with van der Waals surface area (Å²) in [4.78, 5) is 27.0. The Balaban J connectivity index is 1.74. The normalized spacial score (nSPS) is 15.1. The van der Waals surface area contributed by atoms with Crippen LogP contribution in [0.1, 0.15) is 11.1 Å². The average Bonchev–Trinajstić information content (AvgIpc) is 3.01. The number of carbonyl (C=O) groups excluding carboxylic acids is 1. The van der Waals surface area contributed by atoms with Gasteiger partial charge >= 0.3 is 5.97 Å². The van der Waals surface area contributed by atoms with Crippen molar-refractivity contribution in [1.82, 2.24) is 0 Å². The smallest absolute Gasteiger partial charge is 0.363 e. The Labute approximate surface area is 162 Å². The molecule has 0 aromatic heterocycles. The van der Waals surface area contributed by atoms with Crippen LogP contribution in [-0.2, 0) is 9.53 Å². The van der Waals surface area contributed by atoms with Crippen LogP contribution in [0.2, 0.25) is 0 Å². The second-order valence-corrected chi connectivity index (χ2v) is 6.69. The van der Waals surface area contributed by atoms with Crippen molar-refractivity contribution in [1.29, 1.82) is 0 Å². The van der Waals surface area contributed by atoms with Gasteiger partial charge in [-0.15, -0.1) is 0 Å². The largest absolute Gasteiger partial charge is 0.402 e. The maximum atomic E-state index is 12.2. The number of nitro groups is 1. The molecule has 0 saturated carbocycles. The van der Waals surface area contributed by atoms with Crippen molar-refractivity contribution >= 4 is 50.3 Å². The molecule has 0 bridgehead atoms. The fourth-order valence-corrected chi connectivity index (χ4v) is 3.40. The number of aliphatic imine (C=N–C) groups is 1. The third-order valence-electron chi connectivity index (χ3n) is 4.11. The van der Waals surface area contributed by atoms with Gasteiger partial charge in [-0.2, -0.15) is 0 Å². The Morgan fingerprint density at radius 2 is 1.85 bits per heavy atom. The highest BCUT2D eigenvalue weighted by Gasteiger charge is 2.25. The molecule has 0 N–H and O–H groups in total. The van der Waals surface area contributed by atoms with Crippen molar-refractivity contribution in [3.05, 3.63) is 92.1 Å². The van der Waals surface area contributed by atoms with Crippen LogP contribution in [0.15, 0.2) is 75.8 Å². The number of hydrogen-bond donors (Lipinski definition) is 0. The monoisotopic (exact) mass is 422 g/mol. The topological polar surface area (TPSA) is 81.8 Å². The lowest BCUT2D eigenvalue weighted by molar-refractivity contribution is -0.385. The third-order valence-corrected chi connectivity index (χ3v) is 4.75. The summed E-state index contributed by atoms with van der Waals surface area (Å²) < 4.78 is 5.68. The number of nitrogens with zero attached hydrogens (tertiary/aromatic N) is 2. The number of benzene rings is 3. The zero-order valence-electron chi connectivity index (χ0n) is 13.8. The third kappa shape index (κ3) is 3.24. The van der Waals surface area contributed by atoms with E-state index in [-0.39, 0.29) is 17.3 Å². The van der Waals surface area contributed by atoms with Crippen molar-refractivity contribution in [2.75, 3.05) is 0 Å². The molecule has 0 fully saturated rings. The van der Waals surface area contributed by atoms with Crippen LogP contribution < -0.4 is 0 Å². The SMILES string of the molecule is O=C1OC(c2cccc3ccccc23)=N/C1=C\c1ccc([N+](=O)[O-])c(Br)c1. The number of carbonyl (C=O) groups is 1. The molecule has 0 saturated heterocycles. The van der Waals surface area contributed by atoms with E-state index in [9.17, 15) is 14.9 Å². The fraction of sp³-hybridized carbons (Fsp3) is 0. The minimum absolute atomic E-state index is 0.0499. The Morgan fingerprint density at radius 1 is 1.07 bits per heavy atom. The zero-order chi connectivity index (χ0) is 19.0. The fourth-order valence-electron chi connectivity index (χ4n) is 2.86. The van der Waals surface area contributed by atoms with Gasteiger partial charge in [0.05, 0.1) is 9.40 Å². The van der Waals surface area contributed by atoms with E-state index in [1.54, 1.807) is 12.1 Å². The molecule has 1 heterocycles. The van der Waals surface area contributed by atoms with Gasteiger partial charge in [-0.05, 0) is 56.5 Å². The molecule has 1 aliphatic heterocycles. The maximum Gasteiger partial charge on any atom is 0.363 e. The number of fused-ring (bicyclic) bond motifs is 1. The van der Waals surface area contributed by atoms with E-state index in [1.165, 1.54) is 12.1 Å². The van der Waals surface area contributed by atoms with Gasteiger partial charge < -0.3 is 4.74 Å². The van der Waals surface area contributed by atoms with E-state index in [0.717, 1.165) is 16.3 Å². The summed E-state index contributed by atoms with van der Waals surface area (Å²) >= 11 is 3.17. The van der Waals surface area contributed by atoms with E-state index in [0.29, 0.717) is 10.0 Å². The first-order valence-electron chi connectivity index (χ1n) is 7.97. The molecule has 0 radical (unpaired) electrons. The van der Waals surface area contributed by atoms with Crippen LogP contribution in [0.5, 0.6) is 0 Å². The number of nitro benzene ring substituents is 1. The predicted octanol–water partition coefficient (Wildman–Crippen LogP) is 4.86. The summed E-state index contributed by atoms with van der Waals surface area (Å²) in [5.41, 5.74) is 1.42. The number of ether oxygens (including phenoxy) is 1. The van der Waals surface area contributed by atoms with Crippen LogP contribution in [0.4, 0.5) is 5.69 Å². The molecule has 0 spiro atoms. The van der Waals surface area contributed by atoms with Gasteiger partial charge in [0.2, 0.25) is 5.90 Å². The summed E-state index contributed by atoms with van der Waals surface area (Å²) in [6.07, 6.45) is 1.54. The van der Waals surface area contributed by atoms with E-state index in [2.05, 4.69) is 20.9 Å². The van der Waals surface area contributed by atoms with Gasteiger partial charge in [-0.25, -0.2) is 9.79 Å². The van der Waals surface area contributed by atoms with Crippen LogP contribution in [-0.4, -0.2) is 16.8 Å². The van der Waals surface area contributed by atoms with E-state index >= 15 is 0 Å². The molecule has 3 aromatic carbocycles. The molecule has 4 rings (SSSR count). The van der Waals surface area contributed by atoms with Crippen LogP contribution in [0.25, 0.3) is 16.8 Å². The molecule has 27 heavy (non-hydrogen) atoms. The van der Waals surface area contributed by atoms with Gasteiger partial charge in [0, 0.05) is 11.6 Å². The summed E-state index contributed by atoms with van der Waals surface area (Å²) in [6.45, 7) is 0. The number of esters is 1. The van der Waals surface area contributed by atoms with Crippen LogP contribution >= 0.6 is 15.9 Å². The van der Waals surface area contributed by atoms with Crippen molar-refractivity contribution in [3.63, 3.8) is 0 Å². The Kier molecular flexibility index (Phi) is 4.29. The molecule has 0 amide bonds. The van der Waals surface area contributed by atoms with Crippen molar-refractivity contribution in [2.24, 2.45) is 4.99 Å². The second-order valence-electron chi connectivity index (χ2n) is 5.83. The van der Waals surface area contributed by atoms with E-state index in [4.69, 9.17) is 4.74 Å². The lowest BCUT2D eigenvalue weighted by atomic mass is 10.0. The molecule has 0 aliphatic carbocycles. The second kappa shape index (κ2) is 6.77. The van der Waals surface area contributed by atoms with Crippen molar-refractivity contribution < 1.29 is 14.5 Å². The standard InChI is InChI=1S/C20H11BrN2O4/c21-16-10-12(8-9-18(16)23(25)26)11-17-20(24)27-19(22-17)15-7-3-5-13-4-1-2-6-14(13)15/h1-11H/b17-11-. The van der Waals surface area contributed by atoms with Crippen LogP contribution in [0.3, 0.4) is 0 Å². The molecular weight excluding hydrogens is 412 g/mol. The molecule has 3 aromatic rings. The first-order chi connectivity index (χ1) is 13.0. The van der Waals surface area contributed by atoms with Gasteiger partial charge in [0.25, 0.3) is 5.69 Å². The van der Waals surface area contributed by atoms with Crippen molar-refractivity contribution in [3.8, 4) is 0 Å². The molecular formula is C20H11BrN2O4. The number of cyclic esters (lactones) is 1. The number of hydrogen-bond acceptors (Lipinski definition) is 5. The molecule has 0 unspecified atom stereocenters. The Morgan fingerprint density at radius 3 is 2.63 bits per heavy atom. The highest BCUT2D eigenvalue weighted by Crippen LogP contribution is 2.28. The Bertz CT molecular complexity index is 1160. The number of rotatable bonds is 3. The van der Waals surface area contributed by atoms with Gasteiger partial charge in [-0.1, -0.05) is 36.4 Å². The van der Waals surface area contributed by atoms with Gasteiger partial charge in [-0.3, -0.25) is 10.1 Å². The maximum absolute atomic E-state index is 12.2. The van der Waals surface area contributed by atoms with Crippen LogP contribution in [0, 0.1) is 10.1 Å². The minimum atomic E-state index is -0.563. The minimum Gasteiger partial charge on any atom is -0.402 e. The first kappa shape index (κ1) is 17.1. The summed E-state index contributed by atoms with van der Waals surface area (Å²) in [6, 6.07) is 17.9. The predicted molar refractivity (Wildman–Crippen MR) is 105 cm³/mol. The lowest BCUT2D eigenvalue weighted by Crippen LogP contribution is -2.05. The van der Waals surface area contributed by atoms with Gasteiger partial charge in [0.15, 0.2) is 5.70 Å². The lowest BCUT2D eigenvalue weighted by Gasteiger charge is -2.04. The van der Waals surface area contributed by atoms with Crippen molar-refractivity contribution in [2.45, 2.75) is 0 Å². The highest BCUT2D eigenvalue weighted by molar-refractivity contribution is 9.10. The first-order valence-corrected chi connectivity index (χ1v) is 8.77. The number of halogens is 1. The average molecular weight is 423 g/mol. The molecule has 132 valence electrons. The molecule has 7 heteroatoms. The molecule has 0 atom stereocenters. The summed E-state index contributed by atoms with van der Waals surface area (Å²) in [5, 5.41) is 12.9. The van der Waals surface area contributed by atoms with E-state index < -0.39 is 10.9 Å². The highest BCUT2D eigenvalue weighted by atomic mass is 79.9.